The van der Waals surface area contributed by atoms with E-state index in [1.54, 1.807) is 6.07 Å². The lowest BCUT2D eigenvalue weighted by Crippen LogP contribution is -2.54. The predicted molar refractivity (Wildman–Crippen MR) is 60.7 cm³/mol. The van der Waals surface area contributed by atoms with Gasteiger partial charge in [0.05, 0.1) is 0 Å². The zero-order valence-corrected chi connectivity index (χ0v) is 9.57. The zero-order chi connectivity index (χ0) is 10.9. The highest BCUT2D eigenvalue weighted by molar-refractivity contribution is 6.31. The summed E-state index contributed by atoms with van der Waals surface area (Å²) < 4.78 is 12.9. The molecule has 1 aromatic carbocycles. The van der Waals surface area contributed by atoms with Gasteiger partial charge in [-0.3, -0.25) is 0 Å². The maximum absolute atomic E-state index is 12.9. The van der Waals surface area contributed by atoms with E-state index in [0.29, 0.717) is 10.4 Å². The maximum Gasteiger partial charge on any atom is 0.124 e. The number of nitrogens with one attached hydrogen (secondary N) is 1. The van der Waals surface area contributed by atoms with Crippen LogP contribution in [0.5, 0.6) is 0 Å². The summed E-state index contributed by atoms with van der Waals surface area (Å²) in [4.78, 5) is 0. The van der Waals surface area contributed by atoms with Crippen molar-refractivity contribution in [3.05, 3.63) is 34.6 Å². The van der Waals surface area contributed by atoms with E-state index in [9.17, 15) is 4.39 Å². The van der Waals surface area contributed by atoms with Crippen LogP contribution in [0.2, 0.25) is 5.02 Å². The highest BCUT2D eigenvalue weighted by Gasteiger charge is 2.35. The molecule has 1 N–H and O–H groups in total. The number of halogens is 2. The normalized spacial score (nSPS) is 18.6. The SMILES string of the molecule is CCC1(Cc2ccc(F)cc2Cl)CNC1. The molecule has 1 nitrogen and oxygen atoms in total. The molecule has 3 heteroatoms. The summed E-state index contributed by atoms with van der Waals surface area (Å²) in [5.74, 6) is -0.263. The van der Waals surface area contributed by atoms with Crippen molar-refractivity contribution in [2.24, 2.45) is 5.41 Å². The van der Waals surface area contributed by atoms with E-state index in [1.807, 2.05) is 0 Å². The molecule has 0 unspecified atom stereocenters. The van der Waals surface area contributed by atoms with Gasteiger partial charge in [0.25, 0.3) is 0 Å². The van der Waals surface area contributed by atoms with Gasteiger partial charge in [0.1, 0.15) is 5.82 Å². The summed E-state index contributed by atoms with van der Waals surface area (Å²) in [6.45, 7) is 4.27. The van der Waals surface area contributed by atoms with Crippen LogP contribution in [0.15, 0.2) is 18.2 Å². The fourth-order valence-corrected chi connectivity index (χ4v) is 2.28. The van der Waals surface area contributed by atoms with Gasteiger partial charge in [-0.15, -0.1) is 0 Å². The Kier molecular flexibility index (Phi) is 2.98. The maximum atomic E-state index is 12.9. The summed E-state index contributed by atoms with van der Waals surface area (Å²) in [7, 11) is 0. The van der Waals surface area contributed by atoms with Gasteiger partial charge in [0.15, 0.2) is 0 Å². The van der Waals surface area contributed by atoms with E-state index in [1.165, 1.54) is 12.1 Å². The smallest absolute Gasteiger partial charge is 0.124 e. The van der Waals surface area contributed by atoms with E-state index in [4.69, 9.17) is 11.6 Å². The lowest BCUT2D eigenvalue weighted by Gasteiger charge is -2.42. The summed E-state index contributed by atoms with van der Waals surface area (Å²) in [6, 6.07) is 4.68. The van der Waals surface area contributed by atoms with Gasteiger partial charge in [-0.25, -0.2) is 4.39 Å². The van der Waals surface area contributed by atoms with Crippen LogP contribution in [0.4, 0.5) is 4.39 Å². The highest BCUT2D eigenvalue weighted by atomic mass is 35.5. The van der Waals surface area contributed by atoms with E-state index < -0.39 is 0 Å². The highest BCUT2D eigenvalue weighted by Crippen LogP contribution is 2.33. The monoisotopic (exact) mass is 227 g/mol. The Bertz CT molecular complexity index is 355. The largest absolute Gasteiger partial charge is 0.316 e. The molecule has 82 valence electrons. The van der Waals surface area contributed by atoms with Crippen LogP contribution in [0.1, 0.15) is 18.9 Å². The van der Waals surface area contributed by atoms with Gasteiger partial charge < -0.3 is 5.32 Å². The van der Waals surface area contributed by atoms with Gasteiger partial charge in [-0.2, -0.15) is 0 Å². The van der Waals surface area contributed by atoms with Crippen molar-refractivity contribution in [2.45, 2.75) is 19.8 Å². The second-order valence-electron chi connectivity index (χ2n) is 4.37. The fraction of sp³-hybridized carbons (Fsp3) is 0.500. The molecule has 1 saturated heterocycles. The van der Waals surface area contributed by atoms with Crippen LogP contribution in [0.25, 0.3) is 0 Å². The Morgan fingerprint density at radius 3 is 2.67 bits per heavy atom. The topological polar surface area (TPSA) is 12.0 Å². The Morgan fingerprint density at radius 2 is 2.20 bits per heavy atom. The molecule has 1 fully saturated rings. The Hall–Kier alpha value is -0.600. The molecule has 1 aliphatic rings. The summed E-state index contributed by atoms with van der Waals surface area (Å²) in [6.07, 6.45) is 2.07. The van der Waals surface area contributed by atoms with Crippen LogP contribution < -0.4 is 5.32 Å². The molecule has 0 amide bonds. The fourth-order valence-electron chi connectivity index (χ4n) is 2.05. The molecule has 0 atom stereocenters. The van der Waals surface area contributed by atoms with E-state index in [-0.39, 0.29) is 5.82 Å². The molecular weight excluding hydrogens is 213 g/mol. The average Bonchev–Trinajstić information content (AvgIpc) is 2.14. The minimum atomic E-state index is -0.263. The van der Waals surface area contributed by atoms with E-state index in [0.717, 1.165) is 31.5 Å². The first-order chi connectivity index (χ1) is 7.15. The molecule has 0 saturated carbocycles. The van der Waals surface area contributed by atoms with Crippen molar-refractivity contribution in [1.29, 1.82) is 0 Å². The van der Waals surface area contributed by atoms with E-state index in [2.05, 4.69) is 12.2 Å². The lowest BCUT2D eigenvalue weighted by atomic mass is 9.74. The Labute approximate surface area is 94.6 Å². The third-order valence-corrected chi connectivity index (χ3v) is 3.68. The van der Waals surface area contributed by atoms with Crippen molar-refractivity contribution < 1.29 is 4.39 Å². The number of hydrogen-bond acceptors (Lipinski definition) is 1. The van der Waals surface area contributed by atoms with Gasteiger partial charge in [0, 0.05) is 18.1 Å². The summed E-state index contributed by atoms with van der Waals surface area (Å²) >= 11 is 6.01. The van der Waals surface area contributed by atoms with Crippen molar-refractivity contribution in [1.82, 2.24) is 5.32 Å². The summed E-state index contributed by atoms with van der Waals surface area (Å²) in [5, 5.41) is 3.84. The quantitative estimate of drug-likeness (QED) is 0.837. The van der Waals surface area contributed by atoms with Crippen molar-refractivity contribution in [3.63, 3.8) is 0 Å². The second-order valence-corrected chi connectivity index (χ2v) is 4.78. The third kappa shape index (κ3) is 2.16. The molecule has 0 bridgehead atoms. The van der Waals surface area contributed by atoms with Crippen LogP contribution in [0.3, 0.4) is 0 Å². The molecular formula is C12H15ClFN. The minimum absolute atomic E-state index is 0.263. The minimum Gasteiger partial charge on any atom is -0.316 e. The van der Waals surface area contributed by atoms with E-state index >= 15 is 0 Å². The Balaban J connectivity index is 2.16. The standard InChI is InChI=1S/C12H15ClFN/c1-2-12(7-15-8-12)6-9-3-4-10(14)5-11(9)13/h3-5,15H,2,6-8H2,1H3. The van der Waals surface area contributed by atoms with Gasteiger partial charge in [-0.1, -0.05) is 24.6 Å². The molecule has 1 heterocycles. The van der Waals surface area contributed by atoms with Gasteiger partial charge in [-0.05, 0) is 36.0 Å². The molecule has 1 aromatic rings. The first-order valence-corrected chi connectivity index (χ1v) is 5.68. The van der Waals surface area contributed by atoms with Crippen molar-refractivity contribution in [2.75, 3.05) is 13.1 Å². The molecule has 1 aliphatic heterocycles. The van der Waals surface area contributed by atoms with Gasteiger partial charge in [0.2, 0.25) is 0 Å². The lowest BCUT2D eigenvalue weighted by molar-refractivity contribution is 0.160. The van der Waals surface area contributed by atoms with Crippen LogP contribution in [-0.4, -0.2) is 13.1 Å². The predicted octanol–water partition coefficient (Wildman–Crippen LogP) is 3.02. The second kappa shape index (κ2) is 4.11. The molecule has 15 heavy (non-hydrogen) atoms. The zero-order valence-electron chi connectivity index (χ0n) is 8.82. The molecule has 0 aromatic heterocycles. The van der Waals surface area contributed by atoms with Crippen molar-refractivity contribution >= 4 is 11.6 Å². The van der Waals surface area contributed by atoms with Crippen LogP contribution in [0, 0.1) is 11.2 Å². The van der Waals surface area contributed by atoms with Gasteiger partial charge >= 0.3 is 0 Å². The average molecular weight is 228 g/mol. The molecule has 0 aliphatic carbocycles. The molecule has 0 spiro atoms. The third-order valence-electron chi connectivity index (χ3n) is 3.33. The number of hydrogen-bond donors (Lipinski definition) is 1. The number of benzene rings is 1. The number of rotatable bonds is 3. The summed E-state index contributed by atoms with van der Waals surface area (Å²) in [5.41, 5.74) is 1.39. The van der Waals surface area contributed by atoms with Crippen LogP contribution >= 0.6 is 11.6 Å². The van der Waals surface area contributed by atoms with Crippen molar-refractivity contribution in [3.8, 4) is 0 Å². The Morgan fingerprint density at radius 1 is 1.47 bits per heavy atom. The van der Waals surface area contributed by atoms with Crippen LogP contribution in [-0.2, 0) is 6.42 Å². The first-order valence-electron chi connectivity index (χ1n) is 5.30. The molecule has 0 radical (unpaired) electrons. The molecule has 2 rings (SSSR count). The first kappa shape index (κ1) is 10.9.